The van der Waals surface area contributed by atoms with E-state index in [1.807, 2.05) is 0 Å². The van der Waals surface area contributed by atoms with Crippen molar-refractivity contribution < 1.29 is 10.2 Å². The van der Waals surface area contributed by atoms with Crippen molar-refractivity contribution >= 4 is 0 Å². The van der Waals surface area contributed by atoms with Gasteiger partial charge in [-0.2, -0.15) is 0 Å². The lowest BCUT2D eigenvalue weighted by molar-refractivity contribution is -0.0381. The first-order chi connectivity index (χ1) is 5.27. The Morgan fingerprint density at radius 3 is 1.64 bits per heavy atom. The molecule has 4 atom stereocenters. The lowest BCUT2D eigenvalue weighted by Crippen LogP contribution is -2.39. The zero-order chi connectivity index (χ0) is 7.84. The fraction of sp³-hybridized carbons (Fsp3) is 1.00. The molecule has 2 bridgehead atoms. The van der Waals surface area contributed by atoms with Gasteiger partial charge in [-0.15, -0.1) is 0 Å². The molecule has 2 N–H and O–H groups in total. The maximum absolute atomic E-state index is 9.53. The number of aliphatic hydroxyl groups is 2. The molecule has 2 saturated carbocycles. The molecule has 2 rings (SSSR count). The minimum Gasteiger partial charge on any atom is -0.393 e. The molecule has 0 aliphatic heterocycles. The van der Waals surface area contributed by atoms with Gasteiger partial charge in [-0.3, -0.25) is 0 Å². The minimum absolute atomic E-state index is 0.0706. The molecule has 0 spiro atoms. The van der Waals surface area contributed by atoms with E-state index in [9.17, 15) is 10.2 Å². The largest absolute Gasteiger partial charge is 0.393 e. The molecule has 2 aliphatic carbocycles. The molecule has 0 unspecified atom stereocenters. The van der Waals surface area contributed by atoms with Gasteiger partial charge in [0.1, 0.15) is 0 Å². The van der Waals surface area contributed by atoms with Gasteiger partial charge >= 0.3 is 0 Å². The van der Waals surface area contributed by atoms with E-state index in [-0.39, 0.29) is 12.2 Å². The van der Waals surface area contributed by atoms with Gasteiger partial charge in [0, 0.05) is 0 Å². The van der Waals surface area contributed by atoms with Crippen LogP contribution in [-0.4, -0.2) is 22.4 Å². The van der Waals surface area contributed by atoms with E-state index in [0.29, 0.717) is 11.8 Å². The van der Waals surface area contributed by atoms with Gasteiger partial charge in [-0.25, -0.2) is 0 Å². The molecule has 2 aliphatic rings. The summed E-state index contributed by atoms with van der Waals surface area (Å²) >= 11 is 0. The number of aliphatic hydroxyl groups excluding tert-OH is 2. The summed E-state index contributed by atoms with van der Waals surface area (Å²) in [4.78, 5) is 0. The highest BCUT2D eigenvalue weighted by atomic mass is 16.3. The third-order valence-electron chi connectivity index (χ3n) is 3.36. The second-order valence-corrected chi connectivity index (χ2v) is 4.05. The van der Waals surface area contributed by atoms with Crippen molar-refractivity contribution in [2.75, 3.05) is 0 Å². The van der Waals surface area contributed by atoms with E-state index in [1.54, 1.807) is 0 Å². The van der Waals surface area contributed by atoms with Crippen LogP contribution in [0.3, 0.4) is 0 Å². The first-order valence-corrected chi connectivity index (χ1v) is 4.63. The fourth-order valence-electron chi connectivity index (χ4n) is 2.56. The molecule has 2 nitrogen and oxygen atoms in total. The molecule has 0 saturated heterocycles. The van der Waals surface area contributed by atoms with Crippen LogP contribution in [0.25, 0.3) is 0 Å². The van der Waals surface area contributed by atoms with E-state index in [4.69, 9.17) is 0 Å². The van der Waals surface area contributed by atoms with Crippen LogP contribution < -0.4 is 0 Å². The molecule has 64 valence electrons. The van der Waals surface area contributed by atoms with Crippen LogP contribution in [0.5, 0.6) is 0 Å². The van der Waals surface area contributed by atoms with Crippen molar-refractivity contribution in [2.45, 2.75) is 44.3 Å². The predicted octanol–water partition coefficient (Wildman–Crippen LogP) is 0.918. The molecular weight excluding hydrogens is 140 g/mol. The smallest absolute Gasteiger partial charge is 0.0568 e. The summed E-state index contributed by atoms with van der Waals surface area (Å²) in [6.07, 6.45) is 4.79. The normalized spacial score (nSPS) is 50.7. The van der Waals surface area contributed by atoms with Crippen molar-refractivity contribution in [3.8, 4) is 0 Å². The summed E-state index contributed by atoms with van der Waals surface area (Å²) in [6.45, 7) is 0. The average molecular weight is 156 g/mol. The Labute approximate surface area is 67.2 Å². The summed E-state index contributed by atoms with van der Waals surface area (Å²) < 4.78 is 0. The highest BCUT2D eigenvalue weighted by Crippen LogP contribution is 2.39. The second kappa shape index (κ2) is 2.76. The highest BCUT2D eigenvalue weighted by molar-refractivity contribution is 4.88. The van der Waals surface area contributed by atoms with Gasteiger partial charge in [-0.1, -0.05) is 0 Å². The third-order valence-corrected chi connectivity index (χ3v) is 3.36. The summed E-state index contributed by atoms with van der Waals surface area (Å²) in [6, 6.07) is 0. The van der Waals surface area contributed by atoms with Crippen molar-refractivity contribution in [1.29, 1.82) is 0 Å². The Bertz CT molecular complexity index is 130. The summed E-state index contributed by atoms with van der Waals surface area (Å²) in [5.74, 6) is 0.995. The maximum Gasteiger partial charge on any atom is 0.0568 e. The molecular formula is C9H16O2. The number of fused-ring (bicyclic) bond motifs is 2. The van der Waals surface area contributed by atoms with Crippen LogP contribution in [0.15, 0.2) is 0 Å². The summed E-state index contributed by atoms with van der Waals surface area (Å²) in [7, 11) is 0. The zero-order valence-electron chi connectivity index (χ0n) is 6.74. The first kappa shape index (κ1) is 7.56. The second-order valence-electron chi connectivity index (χ2n) is 4.05. The molecule has 0 radical (unpaired) electrons. The molecule has 0 aromatic heterocycles. The third kappa shape index (κ3) is 1.30. The van der Waals surface area contributed by atoms with Crippen LogP contribution in [0.1, 0.15) is 32.1 Å². The number of rotatable bonds is 0. The standard InChI is InChI=1S/C9H16O2/c10-8-3-1-6-5-7(8)2-4-9(6)11/h6-11H,1-5H2/t6-,7-,8+,9+/m1/s1. The Balaban J connectivity index is 2.02. The lowest BCUT2D eigenvalue weighted by atomic mass is 9.69. The number of hydrogen-bond acceptors (Lipinski definition) is 2. The van der Waals surface area contributed by atoms with Crippen LogP contribution in [0.2, 0.25) is 0 Å². The summed E-state index contributed by atoms with van der Waals surface area (Å²) in [5, 5.41) is 19.1. The lowest BCUT2D eigenvalue weighted by Gasteiger charge is -2.40. The first-order valence-electron chi connectivity index (χ1n) is 4.63. The Hall–Kier alpha value is -0.0800. The van der Waals surface area contributed by atoms with Crippen LogP contribution in [0, 0.1) is 11.8 Å². The monoisotopic (exact) mass is 156 g/mol. The van der Waals surface area contributed by atoms with E-state index in [2.05, 4.69) is 0 Å². The van der Waals surface area contributed by atoms with Crippen LogP contribution in [-0.2, 0) is 0 Å². The predicted molar refractivity (Wildman–Crippen MR) is 42.1 cm³/mol. The van der Waals surface area contributed by atoms with Crippen molar-refractivity contribution in [3.05, 3.63) is 0 Å². The van der Waals surface area contributed by atoms with Gasteiger partial charge in [0.25, 0.3) is 0 Å². The van der Waals surface area contributed by atoms with E-state index < -0.39 is 0 Å². The molecule has 0 aromatic rings. The van der Waals surface area contributed by atoms with E-state index >= 15 is 0 Å². The van der Waals surface area contributed by atoms with Crippen molar-refractivity contribution in [3.63, 3.8) is 0 Å². The van der Waals surface area contributed by atoms with E-state index in [0.717, 1.165) is 32.1 Å². The molecule has 11 heavy (non-hydrogen) atoms. The fourth-order valence-corrected chi connectivity index (χ4v) is 2.56. The topological polar surface area (TPSA) is 40.5 Å². The zero-order valence-corrected chi connectivity index (χ0v) is 6.74. The van der Waals surface area contributed by atoms with Gasteiger partial charge in [0.15, 0.2) is 0 Å². The molecule has 0 amide bonds. The van der Waals surface area contributed by atoms with Crippen LogP contribution >= 0.6 is 0 Å². The molecule has 0 aromatic carbocycles. The van der Waals surface area contributed by atoms with Gasteiger partial charge in [-0.05, 0) is 43.9 Å². The summed E-state index contributed by atoms with van der Waals surface area (Å²) in [5.41, 5.74) is 0. The van der Waals surface area contributed by atoms with Gasteiger partial charge < -0.3 is 10.2 Å². The minimum atomic E-state index is -0.0706. The molecule has 2 heteroatoms. The SMILES string of the molecule is O[C@H]1CC[C@@H]2C[C@H]1CC[C@@H]2O. The Morgan fingerprint density at radius 2 is 1.18 bits per heavy atom. The highest BCUT2D eigenvalue weighted by Gasteiger charge is 2.36. The van der Waals surface area contributed by atoms with Gasteiger partial charge in [0.2, 0.25) is 0 Å². The maximum atomic E-state index is 9.53. The number of hydrogen-bond donors (Lipinski definition) is 2. The quantitative estimate of drug-likeness (QED) is 0.547. The van der Waals surface area contributed by atoms with E-state index in [1.165, 1.54) is 0 Å². The Kier molecular flexibility index (Phi) is 1.90. The van der Waals surface area contributed by atoms with Crippen molar-refractivity contribution in [1.82, 2.24) is 0 Å². The average Bonchev–Trinajstić information content (AvgIpc) is 2.02. The van der Waals surface area contributed by atoms with Crippen LogP contribution in [0.4, 0.5) is 0 Å². The van der Waals surface area contributed by atoms with Gasteiger partial charge in [0.05, 0.1) is 12.2 Å². The molecule has 0 heterocycles. The Morgan fingerprint density at radius 1 is 0.727 bits per heavy atom. The molecule has 2 fully saturated rings. The van der Waals surface area contributed by atoms with Crippen molar-refractivity contribution in [2.24, 2.45) is 11.8 Å².